The zero-order chi connectivity index (χ0) is 17.3. The number of rotatable bonds is 2. The molecule has 0 radical (unpaired) electrons. The number of carbonyl (C=O) groups is 2. The van der Waals surface area contributed by atoms with Gasteiger partial charge in [-0.15, -0.1) is 11.3 Å². The maximum atomic E-state index is 12.7. The van der Waals surface area contributed by atoms with Crippen molar-refractivity contribution in [2.45, 2.75) is 32.6 Å². The molecule has 2 aliphatic heterocycles. The Kier molecular flexibility index (Phi) is 6.03. The minimum Gasteiger partial charge on any atom is -0.342 e. The molecule has 0 aliphatic carbocycles. The van der Waals surface area contributed by atoms with E-state index >= 15 is 0 Å². The zero-order valence-electron chi connectivity index (χ0n) is 13.8. The summed E-state index contributed by atoms with van der Waals surface area (Å²) < 4.78 is 1.86. The second-order valence-electron chi connectivity index (χ2n) is 6.81. The van der Waals surface area contributed by atoms with Crippen LogP contribution in [0.1, 0.15) is 42.3 Å². The maximum absolute atomic E-state index is 12.7. The Morgan fingerprint density at radius 1 is 1.04 bits per heavy atom. The first-order valence-corrected chi connectivity index (χ1v) is 10.9. The Balaban J connectivity index is 1.53. The smallest absolute Gasteiger partial charge is 0.264 e. The molecule has 0 unspecified atom stereocenters. The summed E-state index contributed by atoms with van der Waals surface area (Å²) in [5.41, 5.74) is 0. The lowest BCUT2D eigenvalue weighted by Crippen LogP contribution is -2.46. The molecule has 132 valence electrons. The van der Waals surface area contributed by atoms with Gasteiger partial charge >= 0.3 is 0 Å². The third-order valence-corrected chi connectivity index (χ3v) is 8.33. The molecule has 1 aromatic rings. The average molecular weight is 478 g/mol. The van der Waals surface area contributed by atoms with Gasteiger partial charge < -0.3 is 9.80 Å². The molecule has 3 heterocycles. The van der Waals surface area contributed by atoms with Gasteiger partial charge in [0.1, 0.15) is 0 Å². The first-order chi connectivity index (χ1) is 11.5. The molecule has 0 N–H and O–H groups in total. The van der Waals surface area contributed by atoms with Crippen LogP contribution in [0.4, 0.5) is 0 Å². The van der Waals surface area contributed by atoms with Gasteiger partial charge in [-0.2, -0.15) is 0 Å². The van der Waals surface area contributed by atoms with Gasteiger partial charge in [0, 0.05) is 36.6 Å². The van der Waals surface area contributed by atoms with Crippen molar-refractivity contribution in [1.29, 1.82) is 0 Å². The number of nitrogens with zero attached hydrogens (tertiary/aromatic N) is 2. The van der Waals surface area contributed by atoms with E-state index in [1.807, 2.05) is 15.9 Å². The Hall–Kier alpha value is -0.400. The molecule has 0 spiro atoms. The lowest BCUT2D eigenvalue weighted by atomic mass is 9.92. The summed E-state index contributed by atoms with van der Waals surface area (Å²) in [5, 5.41) is 0. The Morgan fingerprint density at radius 3 is 2.17 bits per heavy atom. The Bertz CT molecular complexity index is 599. The molecule has 2 aliphatic rings. The van der Waals surface area contributed by atoms with Crippen LogP contribution in [-0.2, 0) is 4.79 Å². The van der Waals surface area contributed by atoms with E-state index in [0.29, 0.717) is 19.0 Å². The van der Waals surface area contributed by atoms with Crippen molar-refractivity contribution < 1.29 is 9.59 Å². The number of hydrogen-bond donors (Lipinski definition) is 0. The van der Waals surface area contributed by atoms with E-state index in [9.17, 15) is 9.59 Å². The standard InChI is InChI=1S/C17H22Br2N2O2S/c1-11-2-6-20(7-3-11)16(22)12-4-8-21(9-5-12)17(23)14-10-13(18)15(19)24-14/h10-12H,2-9H2,1H3. The van der Waals surface area contributed by atoms with Crippen LogP contribution in [0, 0.1) is 11.8 Å². The van der Waals surface area contributed by atoms with E-state index in [1.54, 1.807) is 0 Å². The van der Waals surface area contributed by atoms with Crippen molar-refractivity contribution in [2.24, 2.45) is 11.8 Å². The first kappa shape index (κ1) is 18.4. The van der Waals surface area contributed by atoms with Crippen molar-refractivity contribution in [3.05, 3.63) is 19.2 Å². The molecular formula is C17H22Br2N2O2S. The van der Waals surface area contributed by atoms with Gasteiger partial charge in [0.15, 0.2) is 0 Å². The molecular weight excluding hydrogens is 456 g/mol. The summed E-state index contributed by atoms with van der Waals surface area (Å²) >= 11 is 8.31. The minimum absolute atomic E-state index is 0.0732. The van der Waals surface area contributed by atoms with Crippen molar-refractivity contribution >= 4 is 55.0 Å². The monoisotopic (exact) mass is 476 g/mol. The van der Waals surface area contributed by atoms with E-state index in [0.717, 1.165) is 57.8 Å². The van der Waals surface area contributed by atoms with Crippen molar-refractivity contribution in [3.63, 3.8) is 0 Å². The third kappa shape index (κ3) is 4.05. The van der Waals surface area contributed by atoms with E-state index < -0.39 is 0 Å². The Labute approximate surface area is 163 Å². The number of likely N-dealkylation sites (tertiary alicyclic amines) is 2. The number of piperidine rings is 2. The molecule has 4 nitrogen and oxygen atoms in total. The van der Waals surface area contributed by atoms with Crippen LogP contribution in [0.3, 0.4) is 0 Å². The van der Waals surface area contributed by atoms with Crippen LogP contribution in [0.5, 0.6) is 0 Å². The predicted molar refractivity (Wildman–Crippen MR) is 103 cm³/mol. The highest BCUT2D eigenvalue weighted by molar-refractivity contribution is 9.13. The number of thiophene rings is 1. The van der Waals surface area contributed by atoms with Gasteiger partial charge in [-0.3, -0.25) is 9.59 Å². The highest BCUT2D eigenvalue weighted by atomic mass is 79.9. The zero-order valence-corrected chi connectivity index (χ0v) is 17.8. The van der Waals surface area contributed by atoms with Gasteiger partial charge in [-0.25, -0.2) is 0 Å². The average Bonchev–Trinajstić information content (AvgIpc) is 2.93. The SMILES string of the molecule is CC1CCN(C(=O)C2CCN(C(=O)c3cc(Br)c(Br)s3)CC2)CC1. The van der Waals surface area contributed by atoms with Crippen LogP contribution >= 0.6 is 43.2 Å². The van der Waals surface area contributed by atoms with Crippen molar-refractivity contribution in [2.75, 3.05) is 26.2 Å². The molecule has 0 bridgehead atoms. The fourth-order valence-corrected chi connectivity index (χ4v) is 5.43. The highest BCUT2D eigenvalue weighted by Gasteiger charge is 2.32. The maximum Gasteiger partial charge on any atom is 0.264 e. The molecule has 7 heteroatoms. The Morgan fingerprint density at radius 2 is 1.62 bits per heavy atom. The topological polar surface area (TPSA) is 40.6 Å². The molecule has 0 aromatic carbocycles. The summed E-state index contributed by atoms with van der Waals surface area (Å²) in [6.07, 6.45) is 3.80. The van der Waals surface area contributed by atoms with Gasteiger partial charge in [-0.05, 0) is 69.5 Å². The molecule has 24 heavy (non-hydrogen) atoms. The molecule has 0 saturated carbocycles. The van der Waals surface area contributed by atoms with Crippen LogP contribution in [0.2, 0.25) is 0 Å². The summed E-state index contributed by atoms with van der Waals surface area (Å²) in [4.78, 5) is 29.9. The van der Waals surface area contributed by atoms with Gasteiger partial charge in [0.05, 0.1) is 8.66 Å². The lowest BCUT2D eigenvalue weighted by molar-refractivity contribution is -0.138. The summed E-state index contributed by atoms with van der Waals surface area (Å²) in [6.45, 7) is 5.40. The van der Waals surface area contributed by atoms with Crippen molar-refractivity contribution in [1.82, 2.24) is 9.80 Å². The van der Waals surface area contributed by atoms with Crippen LogP contribution < -0.4 is 0 Å². The number of amides is 2. The van der Waals surface area contributed by atoms with E-state index in [4.69, 9.17) is 0 Å². The molecule has 2 amide bonds. The van der Waals surface area contributed by atoms with E-state index in [-0.39, 0.29) is 11.8 Å². The van der Waals surface area contributed by atoms with Crippen LogP contribution in [0.15, 0.2) is 14.3 Å². The second kappa shape index (κ2) is 7.87. The summed E-state index contributed by atoms with van der Waals surface area (Å²) in [7, 11) is 0. The van der Waals surface area contributed by atoms with Crippen LogP contribution in [-0.4, -0.2) is 47.8 Å². The fourth-order valence-electron chi connectivity index (χ4n) is 3.42. The predicted octanol–water partition coefficient (Wildman–Crippen LogP) is 4.38. The fraction of sp³-hybridized carbons (Fsp3) is 0.647. The first-order valence-electron chi connectivity index (χ1n) is 8.48. The quantitative estimate of drug-likeness (QED) is 0.633. The number of hydrogen-bond acceptors (Lipinski definition) is 3. The summed E-state index contributed by atoms with van der Waals surface area (Å²) in [6, 6.07) is 1.86. The molecule has 0 atom stereocenters. The van der Waals surface area contributed by atoms with Gasteiger partial charge in [-0.1, -0.05) is 6.92 Å². The minimum atomic E-state index is 0.0732. The molecule has 1 aromatic heterocycles. The molecule has 2 fully saturated rings. The normalized spacial score (nSPS) is 20.5. The second-order valence-corrected chi connectivity index (χ2v) is 10.0. The lowest BCUT2D eigenvalue weighted by Gasteiger charge is -2.36. The van der Waals surface area contributed by atoms with Crippen molar-refractivity contribution in [3.8, 4) is 0 Å². The highest BCUT2D eigenvalue weighted by Crippen LogP contribution is 2.33. The van der Waals surface area contributed by atoms with Gasteiger partial charge in [0.2, 0.25) is 5.91 Å². The largest absolute Gasteiger partial charge is 0.342 e. The van der Waals surface area contributed by atoms with E-state index in [1.165, 1.54) is 11.3 Å². The van der Waals surface area contributed by atoms with Crippen LogP contribution in [0.25, 0.3) is 0 Å². The van der Waals surface area contributed by atoms with E-state index in [2.05, 4.69) is 38.8 Å². The molecule has 2 saturated heterocycles. The number of halogens is 2. The summed E-state index contributed by atoms with van der Waals surface area (Å²) in [5.74, 6) is 1.20. The molecule has 3 rings (SSSR count). The number of carbonyl (C=O) groups excluding carboxylic acids is 2. The third-order valence-electron chi connectivity index (χ3n) is 5.08. The van der Waals surface area contributed by atoms with Gasteiger partial charge in [0.25, 0.3) is 5.91 Å².